The Morgan fingerprint density at radius 2 is 1.96 bits per heavy atom. The standard InChI is InChI=1S/C19H16Cl2N4O/c1-11-7-13(5-6-22-11)15-9-23-25-12(2)10-24(19(26)18(15)25)14-3-4-16(20)17(21)8-14/h3-9,12H,10H2,1-2H3. The summed E-state index contributed by atoms with van der Waals surface area (Å²) in [5.74, 6) is -0.108. The van der Waals surface area contributed by atoms with Gasteiger partial charge in [-0.3, -0.25) is 14.5 Å². The first-order valence-electron chi connectivity index (χ1n) is 8.23. The molecule has 1 amide bonds. The van der Waals surface area contributed by atoms with Crippen molar-refractivity contribution in [3.05, 3.63) is 64.2 Å². The van der Waals surface area contributed by atoms with Crippen molar-refractivity contribution in [1.29, 1.82) is 0 Å². The lowest BCUT2D eigenvalue weighted by Crippen LogP contribution is -2.42. The third kappa shape index (κ3) is 2.77. The number of rotatable bonds is 2. The zero-order valence-corrected chi connectivity index (χ0v) is 15.8. The number of fused-ring (bicyclic) bond motifs is 1. The summed E-state index contributed by atoms with van der Waals surface area (Å²) in [5, 5.41) is 5.34. The molecule has 132 valence electrons. The Morgan fingerprint density at radius 3 is 2.69 bits per heavy atom. The van der Waals surface area contributed by atoms with E-state index >= 15 is 0 Å². The second-order valence-corrected chi connectivity index (χ2v) is 7.21. The van der Waals surface area contributed by atoms with Crippen LogP contribution in [0.3, 0.4) is 0 Å². The van der Waals surface area contributed by atoms with Gasteiger partial charge in [-0.15, -0.1) is 0 Å². The quantitative estimate of drug-likeness (QED) is 0.636. The van der Waals surface area contributed by atoms with Gasteiger partial charge in [0.15, 0.2) is 0 Å². The third-order valence-corrected chi connectivity index (χ3v) is 5.27. The number of carbonyl (C=O) groups is 1. The van der Waals surface area contributed by atoms with E-state index in [0.29, 0.717) is 22.3 Å². The van der Waals surface area contributed by atoms with Crippen LogP contribution in [0.1, 0.15) is 29.1 Å². The van der Waals surface area contributed by atoms with E-state index in [1.165, 1.54) is 0 Å². The van der Waals surface area contributed by atoms with Gasteiger partial charge in [0.05, 0.1) is 22.3 Å². The number of nitrogens with zero attached hydrogens (tertiary/aromatic N) is 4. The van der Waals surface area contributed by atoms with Crippen LogP contribution in [0.2, 0.25) is 10.0 Å². The predicted molar refractivity (Wildman–Crippen MR) is 103 cm³/mol. The van der Waals surface area contributed by atoms with Crippen LogP contribution in [0.5, 0.6) is 0 Å². The van der Waals surface area contributed by atoms with E-state index in [2.05, 4.69) is 10.1 Å². The molecule has 0 saturated heterocycles. The van der Waals surface area contributed by atoms with E-state index in [1.54, 1.807) is 40.2 Å². The Labute approximate surface area is 161 Å². The molecule has 5 nitrogen and oxygen atoms in total. The predicted octanol–water partition coefficient (Wildman–Crippen LogP) is 4.78. The zero-order chi connectivity index (χ0) is 18.4. The van der Waals surface area contributed by atoms with Gasteiger partial charge < -0.3 is 4.90 Å². The summed E-state index contributed by atoms with van der Waals surface area (Å²) in [6.45, 7) is 4.47. The highest BCUT2D eigenvalue weighted by Gasteiger charge is 2.33. The van der Waals surface area contributed by atoms with Crippen LogP contribution >= 0.6 is 23.2 Å². The van der Waals surface area contributed by atoms with E-state index in [0.717, 1.165) is 22.5 Å². The molecular weight excluding hydrogens is 371 g/mol. The number of carbonyl (C=O) groups excluding carboxylic acids is 1. The SMILES string of the molecule is Cc1cc(-c2cnn3c2C(=O)N(c2ccc(Cl)c(Cl)c2)CC3C)ccn1. The second-order valence-electron chi connectivity index (χ2n) is 6.40. The fraction of sp³-hybridized carbons (Fsp3) is 0.211. The number of benzene rings is 1. The van der Waals surface area contributed by atoms with Crippen molar-refractivity contribution in [2.24, 2.45) is 0 Å². The first kappa shape index (κ1) is 17.1. The van der Waals surface area contributed by atoms with Crippen molar-refractivity contribution in [3.8, 4) is 11.1 Å². The lowest BCUT2D eigenvalue weighted by Gasteiger charge is -2.32. The summed E-state index contributed by atoms with van der Waals surface area (Å²) in [6.07, 6.45) is 3.49. The minimum absolute atomic E-state index is 0.0360. The van der Waals surface area contributed by atoms with Gasteiger partial charge in [0, 0.05) is 29.7 Å². The molecule has 0 radical (unpaired) electrons. The number of hydrogen-bond acceptors (Lipinski definition) is 3. The van der Waals surface area contributed by atoms with Crippen LogP contribution in [-0.4, -0.2) is 27.2 Å². The fourth-order valence-electron chi connectivity index (χ4n) is 3.26. The molecule has 0 aliphatic carbocycles. The molecule has 1 atom stereocenters. The van der Waals surface area contributed by atoms with Crippen LogP contribution in [0.25, 0.3) is 11.1 Å². The first-order chi connectivity index (χ1) is 12.5. The molecule has 0 N–H and O–H groups in total. The minimum Gasteiger partial charge on any atom is -0.305 e. The lowest BCUT2D eigenvalue weighted by atomic mass is 10.0. The Bertz CT molecular complexity index is 1010. The number of halogens is 2. The number of hydrogen-bond donors (Lipinski definition) is 0. The average Bonchev–Trinajstić information content (AvgIpc) is 3.06. The fourth-order valence-corrected chi connectivity index (χ4v) is 3.55. The molecule has 1 aliphatic rings. The van der Waals surface area contributed by atoms with E-state index in [4.69, 9.17) is 23.2 Å². The van der Waals surface area contributed by atoms with Gasteiger partial charge >= 0.3 is 0 Å². The van der Waals surface area contributed by atoms with Gasteiger partial charge in [0.1, 0.15) is 5.69 Å². The number of amides is 1. The summed E-state index contributed by atoms with van der Waals surface area (Å²) in [4.78, 5) is 19.2. The molecule has 1 aromatic carbocycles. The van der Waals surface area contributed by atoms with Gasteiger partial charge in [0.25, 0.3) is 5.91 Å². The molecule has 2 aromatic heterocycles. The maximum Gasteiger partial charge on any atom is 0.277 e. The lowest BCUT2D eigenvalue weighted by molar-refractivity contribution is 0.0954. The number of anilines is 1. The average molecular weight is 387 g/mol. The Kier molecular flexibility index (Phi) is 4.21. The van der Waals surface area contributed by atoms with E-state index < -0.39 is 0 Å². The molecule has 1 aliphatic heterocycles. The normalized spacial score (nSPS) is 16.7. The number of pyridine rings is 1. The molecule has 4 rings (SSSR count). The maximum absolute atomic E-state index is 13.3. The van der Waals surface area contributed by atoms with Gasteiger partial charge in [-0.05, 0) is 49.7 Å². The Balaban J connectivity index is 1.82. The van der Waals surface area contributed by atoms with Crippen LogP contribution in [0, 0.1) is 6.92 Å². The first-order valence-corrected chi connectivity index (χ1v) is 8.98. The molecular formula is C19H16Cl2N4O. The minimum atomic E-state index is -0.108. The van der Waals surface area contributed by atoms with Crippen molar-refractivity contribution in [1.82, 2.24) is 14.8 Å². The molecule has 3 aromatic rings. The summed E-state index contributed by atoms with van der Waals surface area (Å²) in [5.41, 5.74) is 3.91. The highest BCUT2D eigenvalue weighted by Crippen LogP contribution is 2.34. The van der Waals surface area contributed by atoms with Crippen LogP contribution in [-0.2, 0) is 0 Å². The summed E-state index contributed by atoms with van der Waals surface area (Å²) >= 11 is 12.2. The molecule has 3 heterocycles. The highest BCUT2D eigenvalue weighted by atomic mass is 35.5. The summed E-state index contributed by atoms with van der Waals surface area (Å²) in [6, 6.07) is 9.11. The highest BCUT2D eigenvalue weighted by molar-refractivity contribution is 6.42. The molecule has 0 spiro atoms. The molecule has 0 bridgehead atoms. The largest absolute Gasteiger partial charge is 0.305 e. The molecule has 7 heteroatoms. The van der Waals surface area contributed by atoms with Crippen molar-refractivity contribution in [2.75, 3.05) is 11.4 Å². The van der Waals surface area contributed by atoms with Gasteiger partial charge in [-0.2, -0.15) is 5.10 Å². The van der Waals surface area contributed by atoms with Gasteiger partial charge in [0.2, 0.25) is 0 Å². The van der Waals surface area contributed by atoms with E-state index in [9.17, 15) is 4.79 Å². The van der Waals surface area contributed by atoms with Crippen molar-refractivity contribution < 1.29 is 4.79 Å². The summed E-state index contributed by atoms with van der Waals surface area (Å²) in [7, 11) is 0. The molecule has 0 saturated carbocycles. The third-order valence-electron chi connectivity index (χ3n) is 4.53. The van der Waals surface area contributed by atoms with Crippen LogP contribution in [0.15, 0.2) is 42.7 Å². The zero-order valence-electron chi connectivity index (χ0n) is 14.3. The van der Waals surface area contributed by atoms with Gasteiger partial charge in [-0.25, -0.2) is 0 Å². The topological polar surface area (TPSA) is 51.0 Å². The Morgan fingerprint density at radius 1 is 1.15 bits per heavy atom. The van der Waals surface area contributed by atoms with Crippen molar-refractivity contribution in [3.63, 3.8) is 0 Å². The molecule has 0 fully saturated rings. The maximum atomic E-state index is 13.3. The van der Waals surface area contributed by atoms with Crippen LogP contribution in [0.4, 0.5) is 5.69 Å². The Hall–Kier alpha value is -2.37. The van der Waals surface area contributed by atoms with Crippen molar-refractivity contribution >= 4 is 34.8 Å². The van der Waals surface area contributed by atoms with Gasteiger partial charge in [-0.1, -0.05) is 23.2 Å². The van der Waals surface area contributed by atoms with Crippen LogP contribution < -0.4 is 4.90 Å². The van der Waals surface area contributed by atoms with E-state index in [1.807, 2.05) is 26.0 Å². The van der Waals surface area contributed by atoms with E-state index in [-0.39, 0.29) is 11.9 Å². The summed E-state index contributed by atoms with van der Waals surface area (Å²) < 4.78 is 1.79. The van der Waals surface area contributed by atoms with Crippen molar-refractivity contribution in [2.45, 2.75) is 19.9 Å². The number of aryl methyl sites for hydroxylation is 1. The number of aromatic nitrogens is 3. The second kappa shape index (κ2) is 6.41. The molecule has 1 unspecified atom stereocenters. The monoisotopic (exact) mass is 386 g/mol. The molecule has 26 heavy (non-hydrogen) atoms. The smallest absolute Gasteiger partial charge is 0.277 e.